The lowest BCUT2D eigenvalue weighted by atomic mass is 10.0. The first kappa shape index (κ1) is 24.2. The highest BCUT2D eigenvalue weighted by molar-refractivity contribution is 4.95. The zero-order valence-corrected chi connectivity index (χ0v) is 13.8. The molecule has 27 heavy (non-hydrogen) atoms. The average molecular weight is 425 g/mol. The summed E-state index contributed by atoms with van der Waals surface area (Å²) in [5, 5.41) is 0. The Bertz CT molecular complexity index is 459. The van der Waals surface area contributed by atoms with Gasteiger partial charge in [-0.1, -0.05) is 12.8 Å². The molecular weight excluding hydrogens is 407 g/mol. The zero-order valence-electron chi connectivity index (χ0n) is 13.8. The first-order chi connectivity index (χ1) is 12.1. The molecule has 1 fully saturated rings. The third-order valence-corrected chi connectivity index (χ3v) is 4.07. The number of likely N-dealkylation sites (tertiary alicyclic amines) is 1. The standard InChI is InChI=1S/C14H18F11NO/c15-9(13(20,21)22)12(18,19)8-27-7-11(17,14(23,24)25)10(16)26-5-3-1-2-4-6-26/h9-10H,1-8H2. The van der Waals surface area contributed by atoms with Crippen LogP contribution >= 0.6 is 0 Å². The number of halogens is 11. The molecule has 1 aliphatic rings. The molecule has 1 rings (SSSR count). The fourth-order valence-corrected chi connectivity index (χ4v) is 2.55. The van der Waals surface area contributed by atoms with Crippen molar-refractivity contribution in [2.24, 2.45) is 0 Å². The maximum atomic E-state index is 14.4. The van der Waals surface area contributed by atoms with E-state index in [-0.39, 0.29) is 25.9 Å². The Balaban J connectivity index is 2.85. The summed E-state index contributed by atoms with van der Waals surface area (Å²) < 4.78 is 146. The van der Waals surface area contributed by atoms with Crippen molar-refractivity contribution in [1.29, 1.82) is 0 Å². The Labute approximate surface area is 147 Å². The third kappa shape index (κ3) is 6.06. The third-order valence-electron chi connectivity index (χ3n) is 4.07. The minimum atomic E-state index is -6.00. The van der Waals surface area contributed by atoms with Gasteiger partial charge in [-0.2, -0.15) is 26.3 Å². The summed E-state index contributed by atoms with van der Waals surface area (Å²) in [5.74, 6) is -5.26. The van der Waals surface area contributed by atoms with Gasteiger partial charge in [0, 0.05) is 13.1 Å². The minimum absolute atomic E-state index is 0.223. The monoisotopic (exact) mass is 425 g/mol. The Morgan fingerprint density at radius 2 is 1.22 bits per heavy atom. The van der Waals surface area contributed by atoms with E-state index in [1.807, 2.05) is 0 Å². The van der Waals surface area contributed by atoms with Gasteiger partial charge in [-0.15, -0.1) is 0 Å². The van der Waals surface area contributed by atoms with Crippen LogP contribution in [0.3, 0.4) is 0 Å². The molecule has 0 aliphatic carbocycles. The number of nitrogens with zero attached hydrogens (tertiary/aromatic N) is 1. The van der Waals surface area contributed by atoms with Crippen LogP contribution in [0.15, 0.2) is 0 Å². The molecule has 1 saturated heterocycles. The molecule has 2 nitrogen and oxygen atoms in total. The van der Waals surface area contributed by atoms with E-state index in [2.05, 4.69) is 4.74 Å². The van der Waals surface area contributed by atoms with Crippen LogP contribution in [0.2, 0.25) is 0 Å². The highest BCUT2D eigenvalue weighted by atomic mass is 19.4. The summed E-state index contributed by atoms with van der Waals surface area (Å²) >= 11 is 0. The molecule has 1 aliphatic heterocycles. The molecule has 0 aromatic heterocycles. The maximum Gasteiger partial charge on any atom is 0.429 e. The maximum absolute atomic E-state index is 14.4. The molecule has 0 amide bonds. The SMILES string of the molecule is FC(C(F)(F)F)C(F)(F)COCC(F)(C(F)N1CCCCCC1)C(F)(F)F. The molecule has 0 radical (unpaired) electrons. The quantitative estimate of drug-likeness (QED) is 0.422. The van der Waals surface area contributed by atoms with Gasteiger partial charge >= 0.3 is 18.3 Å². The molecule has 3 unspecified atom stereocenters. The number of alkyl halides is 11. The van der Waals surface area contributed by atoms with Crippen molar-refractivity contribution in [2.75, 3.05) is 26.3 Å². The Hall–Kier alpha value is -0.850. The van der Waals surface area contributed by atoms with Gasteiger partial charge in [-0.05, 0) is 12.8 Å². The summed E-state index contributed by atoms with van der Waals surface area (Å²) in [6.07, 6.45) is -18.2. The molecule has 162 valence electrons. The van der Waals surface area contributed by atoms with E-state index in [1.165, 1.54) is 0 Å². The van der Waals surface area contributed by atoms with Crippen molar-refractivity contribution in [3.05, 3.63) is 0 Å². The summed E-state index contributed by atoms with van der Waals surface area (Å²) in [6.45, 7) is -5.28. The van der Waals surface area contributed by atoms with Gasteiger partial charge in [0.05, 0.1) is 6.61 Å². The predicted octanol–water partition coefficient (Wildman–Crippen LogP) is 4.98. The van der Waals surface area contributed by atoms with Gasteiger partial charge in [0.15, 0.2) is 6.30 Å². The highest BCUT2D eigenvalue weighted by Gasteiger charge is 2.64. The van der Waals surface area contributed by atoms with Gasteiger partial charge in [-0.3, -0.25) is 4.90 Å². The molecule has 0 aromatic rings. The molecule has 0 spiro atoms. The van der Waals surface area contributed by atoms with Gasteiger partial charge < -0.3 is 4.74 Å². The first-order valence-corrected chi connectivity index (χ1v) is 7.93. The van der Waals surface area contributed by atoms with E-state index in [9.17, 15) is 48.3 Å². The Morgan fingerprint density at radius 1 is 0.741 bits per heavy atom. The van der Waals surface area contributed by atoms with E-state index >= 15 is 0 Å². The van der Waals surface area contributed by atoms with Crippen molar-refractivity contribution in [2.45, 2.75) is 62.1 Å². The smallest absolute Gasteiger partial charge is 0.371 e. The molecular formula is C14H18F11NO. The van der Waals surface area contributed by atoms with Crippen molar-refractivity contribution in [3.8, 4) is 0 Å². The van der Waals surface area contributed by atoms with E-state index in [0.29, 0.717) is 17.7 Å². The summed E-state index contributed by atoms with van der Waals surface area (Å²) in [5.41, 5.74) is -4.77. The highest BCUT2D eigenvalue weighted by Crippen LogP contribution is 2.41. The second-order valence-corrected chi connectivity index (χ2v) is 6.30. The lowest BCUT2D eigenvalue weighted by molar-refractivity contribution is -0.294. The summed E-state index contributed by atoms with van der Waals surface area (Å²) in [4.78, 5) is 0.537. The molecule has 3 atom stereocenters. The van der Waals surface area contributed by atoms with Gasteiger partial charge in [-0.25, -0.2) is 22.0 Å². The van der Waals surface area contributed by atoms with Crippen LogP contribution in [-0.2, 0) is 4.74 Å². The largest absolute Gasteiger partial charge is 0.429 e. The average Bonchev–Trinajstić information content (AvgIpc) is 2.80. The normalized spacial score (nSPS) is 22.8. The Kier molecular flexibility index (Phi) is 7.76. The minimum Gasteiger partial charge on any atom is -0.371 e. The molecule has 0 bridgehead atoms. The lowest BCUT2D eigenvalue weighted by Gasteiger charge is -2.36. The number of hydrogen-bond acceptors (Lipinski definition) is 2. The molecule has 13 heteroatoms. The van der Waals surface area contributed by atoms with Crippen LogP contribution < -0.4 is 0 Å². The van der Waals surface area contributed by atoms with Crippen molar-refractivity contribution in [3.63, 3.8) is 0 Å². The van der Waals surface area contributed by atoms with E-state index in [0.717, 1.165) is 0 Å². The van der Waals surface area contributed by atoms with Crippen LogP contribution in [0.25, 0.3) is 0 Å². The van der Waals surface area contributed by atoms with Crippen molar-refractivity contribution in [1.82, 2.24) is 4.90 Å². The zero-order chi connectivity index (χ0) is 21.1. The van der Waals surface area contributed by atoms with Crippen LogP contribution in [0.1, 0.15) is 25.7 Å². The second kappa shape index (κ2) is 8.66. The van der Waals surface area contributed by atoms with Crippen LogP contribution in [0, 0.1) is 0 Å². The van der Waals surface area contributed by atoms with Gasteiger partial charge in [0.2, 0.25) is 0 Å². The molecule has 1 heterocycles. The van der Waals surface area contributed by atoms with Crippen LogP contribution in [-0.4, -0.2) is 67.6 Å². The summed E-state index contributed by atoms with van der Waals surface area (Å²) in [6, 6.07) is 0. The number of rotatable bonds is 7. The van der Waals surface area contributed by atoms with Crippen LogP contribution in [0.4, 0.5) is 48.3 Å². The summed E-state index contributed by atoms with van der Waals surface area (Å²) in [7, 11) is 0. The molecule has 0 N–H and O–H groups in total. The number of ether oxygens (including phenoxy) is 1. The van der Waals surface area contributed by atoms with Crippen molar-refractivity contribution < 1.29 is 53.0 Å². The fraction of sp³-hybridized carbons (Fsp3) is 1.00. The number of hydrogen-bond donors (Lipinski definition) is 0. The Morgan fingerprint density at radius 3 is 1.63 bits per heavy atom. The van der Waals surface area contributed by atoms with E-state index in [1.54, 1.807) is 0 Å². The van der Waals surface area contributed by atoms with Gasteiger partial charge in [0.1, 0.15) is 6.61 Å². The van der Waals surface area contributed by atoms with Gasteiger partial charge in [0.25, 0.3) is 11.8 Å². The molecule has 0 saturated carbocycles. The lowest BCUT2D eigenvalue weighted by Crippen LogP contribution is -2.59. The fourth-order valence-electron chi connectivity index (χ4n) is 2.55. The predicted molar refractivity (Wildman–Crippen MR) is 71.5 cm³/mol. The van der Waals surface area contributed by atoms with Crippen molar-refractivity contribution >= 4 is 0 Å². The topological polar surface area (TPSA) is 12.5 Å². The van der Waals surface area contributed by atoms with E-state index in [4.69, 9.17) is 0 Å². The van der Waals surface area contributed by atoms with E-state index < -0.39 is 49.6 Å². The second-order valence-electron chi connectivity index (χ2n) is 6.30. The first-order valence-electron chi connectivity index (χ1n) is 7.93. The van der Waals surface area contributed by atoms with Crippen LogP contribution in [0.5, 0.6) is 0 Å². The molecule has 0 aromatic carbocycles.